The highest BCUT2D eigenvalue weighted by atomic mass is 15.2. The van der Waals surface area contributed by atoms with Gasteiger partial charge in [-0.2, -0.15) is 0 Å². The lowest BCUT2D eigenvalue weighted by Gasteiger charge is -2.33. The average molecular weight is 277 g/mol. The van der Waals surface area contributed by atoms with Crippen molar-refractivity contribution >= 4 is 5.82 Å². The van der Waals surface area contributed by atoms with Gasteiger partial charge in [0.15, 0.2) is 0 Å². The van der Waals surface area contributed by atoms with E-state index in [2.05, 4.69) is 62.0 Å². The SMILES string of the molecule is CCC(CC)N(CC(C)C)c1cc(C(C)NC)ccn1. The Balaban J connectivity index is 3.06. The van der Waals surface area contributed by atoms with Gasteiger partial charge in [0, 0.05) is 24.8 Å². The molecule has 1 atom stereocenters. The van der Waals surface area contributed by atoms with Crippen molar-refractivity contribution in [2.45, 2.75) is 59.5 Å². The average Bonchev–Trinajstić information content (AvgIpc) is 2.46. The molecule has 1 aromatic rings. The Morgan fingerprint density at radius 1 is 1.20 bits per heavy atom. The molecule has 0 aliphatic carbocycles. The van der Waals surface area contributed by atoms with E-state index in [4.69, 9.17) is 0 Å². The molecule has 0 radical (unpaired) electrons. The number of aromatic nitrogens is 1. The van der Waals surface area contributed by atoms with E-state index in [1.165, 1.54) is 5.56 Å². The third-order valence-corrected chi connectivity index (χ3v) is 3.94. The number of hydrogen-bond acceptors (Lipinski definition) is 3. The first-order valence-electron chi connectivity index (χ1n) is 7.93. The standard InChI is InChI=1S/C17H31N3/c1-7-16(8-2)20(12-13(3)4)17-11-15(9-10-19-17)14(5)18-6/h9-11,13-14,16,18H,7-8,12H2,1-6H3. The number of pyridine rings is 1. The van der Waals surface area contributed by atoms with Gasteiger partial charge < -0.3 is 10.2 Å². The molecule has 0 spiro atoms. The van der Waals surface area contributed by atoms with Crippen LogP contribution in [0.3, 0.4) is 0 Å². The zero-order valence-corrected chi connectivity index (χ0v) is 14.0. The van der Waals surface area contributed by atoms with Crippen LogP contribution in [-0.2, 0) is 0 Å². The van der Waals surface area contributed by atoms with Crippen molar-refractivity contribution in [3.8, 4) is 0 Å². The lowest BCUT2D eigenvalue weighted by atomic mass is 10.1. The van der Waals surface area contributed by atoms with E-state index >= 15 is 0 Å². The molecule has 114 valence electrons. The Hall–Kier alpha value is -1.09. The van der Waals surface area contributed by atoms with Crippen LogP contribution in [0.15, 0.2) is 18.3 Å². The molecule has 1 heterocycles. The summed E-state index contributed by atoms with van der Waals surface area (Å²) in [4.78, 5) is 7.11. The molecule has 1 aromatic heterocycles. The Labute approximate surface area is 124 Å². The lowest BCUT2D eigenvalue weighted by Crippen LogP contribution is -2.38. The van der Waals surface area contributed by atoms with Crippen molar-refractivity contribution in [3.05, 3.63) is 23.9 Å². The third kappa shape index (κ3) is 4.48. The molecular weight excluding hydrogens is 246 g/mol. The van der Waals surface area contributed by atoms with Crippen molar-refractivity contribution in [1.29, 1.82) is 0 Å². The van der Waals surface area contributed by atoms with Gasteiger partial charge >= 0.3 is 0 Å². The molecule has 0 fully saturated rings. The van der Waals surface area contributed by atoms with Crippen LogP contribution in [0.25, 0.3) is 0 Å². The predicted molar refractivity (Wildman–Crippen MR) is 88.3 cm³/mol. The van der Waals surface area contributed by atoms with Gasteiger partial charge in [-0.05, 0) is 50.4 Å². The molecule has 0 aliphatic heterocycles. The minimum atomic E-state index is 0.361. The molecule has 0 aromatic carbocycles. The molecule has 0 aliphatic rings. The van der Waals surface area contributed by atoms with Crippen molar-refractivity contribution < 1.29 is 0 Å². The van der Waals surface area contributed by atoms with Crippen LogP contribution in [0.2, 0.25) is 0 Å². The second-order valence-electron chi connectivity index (χ2n) is 5.97. The maximum absolute atomic E-state index is 4.62. The maximum Gasteiger partial charge on any atom is 0.129 e. The lowest BCUT2D eigenvalue weighted by molar-refractivity contribution is 0.503. The van der Waals surface area contributed by atoms with Gasteiger partial charge in [0.05, 0.1) is 0 Å². The molecule has 0 saturated carbocycles. The molecule has 20 heavy (non-hydrogen) atoms. The zero-order chi connectivity index (χ0) is 15.1. The summed E-state index contributed by atoms with van der Waals surface area (Å²) in [7, 11) is 2.00. The summed E-state index contributed by atoms with van der Waals surface area (Å²) in [5.41, 5.74) is 1.30. The van der Waals surface area contributed by atoms with Crippen LogP contribution in [0.1, 0.15) is 59.1 Å². The smallest absolute Gasteiger partial charge is 0.129 e. The van der Waals surface area contributed by atoms with Crippen molar-refractivity contribution in [3.63, 3.8) is 0 Å². The Morgan fingerprint density at radius 2 is 1.85 bits per heavy atom. The Morgan fingerprint density at radius 3 is 2.35 bits per heavy atom. The number of nitrogens with one attached hydrogen (secondary N) is 1. The minimum Gasteiger partial charge on any atom is -0.353 e. The molecular formula is C17H31N3. The van der Waals surface area contributed by atoms with Gasteiger partial charge in [0.25, 0.3) is 0 Å². The molecule has 0 bridgehead atoms. The van der Waals surface area contributed by atoms with Crippen LogP contribution in [-0.4, -0.2) is 24.6 Å². The highest BCUT2D eigenvalue weighted by Gasteiger charge is 2.18. The van der Waals surface area contributed by atoms with Gasteiger partial charge in [-0.15, -0.1) is 0 Å². The van der Waals surface area contributed by atoms with Crippen molar-refractivity contribution in [2.75, 3.05) is 18.5 Å². The van der Waals surface area contributed by atoms with E-state index in [0.717, 1.165) is 25.2 Å². The summed E-state index contributed by atoms with van der Waals surface area (Å²) in [6.45, 7) is 12.3. The second kappa shape index (κ2) is 8.25. The predicted octanol–water partition coefficient (Wildman–Crippen LogP) is 4.01. The molecule has 1 unspecified atom stereocenters. The number of hydrogen-bond donors (Lipinski definition) is 1. The Kier molecular flexibility index (Phi) is 7.00. The topological polar surface area (TPSA) is 28.2 Å². The van der Waals surface area contributed by atoms with Gasteiger partial charge in [0.1, 0.15) is 5.82 Å². The van der Waals surface area contributed by atoms with Gasteiger partial charge in [-0.3, -0.25) is 0 Å². The summed E-state index contributed by atoms with van der Waals surface area (Å²) in [5, 5.41) is 3.30. The fraction of sp³-hybridized carbons (Fsp3) is 0.706. The van der Waals surface area contributed by atoms with Crippen LogP contribution < -0.4 is 10.2 Å². The minimum absolute atomic E-state index is 0.361. The van der Waals surface area contributed by atoms with Crippen molar-refractivity contribution in [1.82, 2.24) is 10.3 Å². The molecule has 3 nitrogen and oxygen atoms in total. The summed E-state index contributed by atoms with van der Waals surface area (Å²) in [6, 6.07) is 5.27. The van der Waals surface area contributed by atoms with E-state index in [1.807, 2.05) is 13.2 Å². The highest BCUT2D eigenvalue weighted by Crippen LogP contribution is 2.23. The monoisotopic (exact) mass is 277 g/mol. The summed E-state index contributed by atoms with van der Waals surface area (Å²) in [6.07, 6.45) is 4.27. The fourth-order valence-electron chi connectivity index (χ4n) is 2.58. The first-order valence-corrected chi connectivity index (χ1v) is 7.93. The van der Waals surface area contributed by atoms with Crippen LogP contribution in [0.4, 0.5) is 5.82 Å². The summed E-state index contributed by atoms with van der Waals surface area (Å²) < 4.78 is 0. The van der Waals surface area contributed by atoms with Crippen LogP contribution in [0.5, 0.6) is 0 Å². The zero-order valence-electron chi connectivity index (χ0n) is 14.0. The number of nitrogens with zero attached hydrogens (tertiary/aromatic N) is 2. The quantitative estimate of drug-likeness (QED) is 0.778. The van der Waals surface area contributed by atoms with Crippen molar-refractivity contribution in [2.24, 2.45) is 5.92 Å². The van der Waals surface area contributed by atoms with Gasteiger partial charge in [0.2, 0.25) is 0 Å². The first kappa shape index (κ1) is 17.0. The molecule has 0 amide bonds. The van der Waals surface area contributed by atoms with Crippen LogP contribution >= 0.6 is 0 Å². The fourth-order valence-corrected chi connectivity index (χ4v) is 2.58. The van der Waals surface area contributed by atoms with E-state index < -0.39 is 0 Å². The third-order valence-electron chi connectivity index (χ3n) is 3.94. The molecule has 1 rings (SSSR count). The van der Waals surface area contributed by atoms with Gasteiger partial charge in [-0.1, -0.05) is 27.7 Å². The van der Waals surface area contributed by atoms with E-state index in [0.29, 0.717) is 18.0 Å². The maximum atomic E-state index is 4.62. The Bertz CT molecular complexity index is 386. The number of anilines is 1. The summed E-state index contributed by atoms with van der Waals surface area (Å²) >= 11 is 0. The van der Waals surface area contributed by atoms with Crippen LogP contribution in [0, 0.1) is 5.92 Å². The number of rotatable bonds is 8. The van der Waals surface area contributed by atoms with Gasteiger partial charge in [-0.25, -0.2) is 4.98 Å². The first-order chi connectivity index (χ1) is 9.53. The largest absolute Gasteiger partial charge is 0.353 e. The molecule has 3 heteroatoms. The van der Waals surface area contributed by atoms with E-state index in [1.54, 1.807) is 0 Å². The summed E-state index contributed by atoms with van der Waals surface area (Å²) in [5.74, 6) is 1.76. The molecule has 1 N–H and O–H groups in total. The van der Waals surface area contributed by atoms with E-state index in [-0.39, 0.29) is 0 Å². The van der Waals surface area contributed by atoms with E-state index in [9.17, 15) is 0 Å². The molecule has 0 saturated heterocycles. The highest BCUT2D eigenvalue weighted by molar-refractivity contribution is 5.43. The second-order valence-corrected chi connectivity index (χ2v) is 5.97. The normalized spacial score (nSPS) is 13.0.